The van der Waals surface area contributed by atoms with Crippen molar-refractivity contribution in [3.63, 3.8) is 0 Å². The summed E-state index contributed by atoms with van der Waals surface area (Å²) in [6.45, 7) is 0. The third-order valence-corrected chi connectivity index (χ3v) is 1.49. The van der Waals surface area contributed by atoms with Gasteiger partial charge in [0.2, 0.25) is 0 Å². The summed E-state index contributed by atoms with van der Waals surface area (Å²) in [5.41, 5.74) is 0.576. The highest BCUT2D eigenvalue weighted by Gasteiger charge is 2.01. The van der Waals surface area contributed by atoms with Crippen LogP contribution in [0.4, 0.5) is 0 Å². The summed E-state index contributed by atoms with van der Waals surface area (Å²) in [4.78, 5) is 11.1. The Morgan fingerprint density at radius 1 is 1.55 bits per heavy atom. The van der Waals surface area contributed by atoms with Crippen molar-refractivity contribution in [1.82, 2.24) is 0 Å². The van der Waals surface area contributed by atoms with Crippen molar-refractivity contribution in [2.45, 2.75) is 6.32 Å². The molecular weight excluding hydrogens is 139 g/mol. The first-order chi connectivity index (χ1) is 5.24. The van der Waals surface area contributed by atoms with Crippen LogP contribution in [0.15, 0.2) is 24.3 Å². The number of carbonyl (C=O) groups is 1. The zero-order valence-corrected chi connectivity index (χ0v) is 6.37. The fraction of sp³-hybridized carbons (Fsp3) is 0.125. The molecule has 0 aliphatic heterocycles. The second-order valence-corrected chi connectivity index (χ2v) is 2.33. The Morgan fingerprint density at radius 3 is 2.82 bits per heavy atom. The molecule has 0 aliphatic rings. The van der Waals surface area contributed by atoms with Crippen molar-refractivity contribution in [3.8, 4) is 5.75 Å². The summed E-state index contributed by atoms with van der Waals surface area (Å²) in [6.07, 6.45) is 0.476. The maximum absolute atomic E-state index is 11.1. The molecule has 1 aromatic carbocycles. The lowest BCUT2D eigenvalue weighted by atomic mass is 9.96. The fourth-order valence-corrected chi connectivity index (χ4v) is 0.883. The van der Waals surface area contributed by atoms with E-state index >= 15 is 0 Å². The molecule has 0 aliphatic carbocycles. The maximum Gasteiger partial charge on any atom is 0.155 e. The van der Waals surface area contributed by atoms with Crippen LogP contribution in [0.25, 0.3) is 0 Å². The van der Waals surface area contributed by atoms with Crippen LogP contribution >= 0.6 is 0 Å². The van der Waals surface area contributed by atoms with Gasteiger partial charge in [-0.1, -0.05) is 12.1 Å². The van der Waals surface area contributed by atoms with E-state index in [1.807, 2.05) is 0 Å². The Balaban J connectivity index is 2.96. The number of Topliss-reactive ketones (excluding diaryl/α,β-unsaturated/α-hetero) is 1. The highest BCUT2D eigenvalue weighted by atomic mass is 16.3. The average Bonchev–Trinajstić information content (AvgIpc) is 2.03. The number of phenols is 1. The van der Waals surface area contributed by atoms with Gasteiger partial charge in [0.15, 0.2) is 5.78 Å². The van der Waals surface area contributed by atoms with Crippen LogP contribution in [0, 0.1) is 0 Å². The van der Waals surface area contributed by atoms with Gasteiger partial charge in [0, 0.05) is 5.56 Å². The molecular formula is C8H9BO2. The summed E-state index contributed by atoms with van der Waals surface area (Å²) in [6, 6.07) is 6.39. The Morgan fingerprint density at radius 2 is 2.27 bits per heavy atom. The van der Waals surface area contributed by atoms with Crippen LogP contribution in [-0.4, -0.2) is 18.7 Å². The first kappa shape index (κ1) is 7.86. The lowest BCUT2D eigenvalue weighted by Crippen LogP contribution is -1.96. The Bertz CT molecular complexity index is 271. The van der Waals surface area contributed by atoms with Crippen LogP contribution in [-0.2, 0) is 0 Å². The summed E-state index contributed by atoms with van der Waals surface area (Å²) in [5.74, 6) is 0.199. The molecule has 0 atom stereocenters. The fourth-order valence-electron chi connectivity index (χ4n) is 0.883. The number of phenolic OH excluding ortho intramolecular Hbond substituents is 1. The van der Waals surface area contributed by atoms with Crippen molar-refractivity contribution < 1.29 is 9.90 Å². The molecule has 1 rings (SSSR count). The number of hydrogen-bond donors (Lipinski definition) is 1. The van der Waals surface area contributed by atoms with Crippen molar-refractivity contribution in [2.24, 2.45) is 0 Å². The van der Waals surface area contributed by atoms with Gasteiger partial charge in [-0.2, -0.15) is 0 Å². The SMILES string of the molecule is BCC(=O)c1cccc(O)c1. The quantitative estimate of drug-likeness (QED) is 0.493. The van der Waals surface area contributed by atoms with Crippen molar-refractivity contribution in [3.05, 3.63) is 29.8 Å². The predicted molar refractivity (Wildman–Crippen MR) is 45.8 cm³/mol. The highest BCUT2D eigenvalue weighted by Crippen LogP contribution is 2.11. The van der Waals surface area contributed by atoms with Gasteiger partial charge in [-0.05, 0) is 18.5 Å². The van der Waals surface area contributed by atoms with Crippen LogP contribution < -0.4 is 0 Å². The first-order valence-electron chi connectivity index (χ1n) is 3.56. The van der Waals surface area contributed by atoms with E-state index in [4.69, 9.17) is 5.11 Å². The standard InChI is InChI=1S/C8H9BO2/c9-5-8(11)6-2-1-3-7(10)4-6/h1-4,10H,5,9H2. The molecule has 0 unspecified atom stereocenters. The Hall–Kier alpha value is -1.25. The lowest BCUT2D eigenvalue weighted by molar-refractivity contribution is 0.101. The molecule has 0 radical (unpaired) electrons. The molecule has 0 spiro atoms. The number of rotatable bonds is 2. The molecule has 0 bridgehead atoms. The van der Waals surface area contributed by atoms with E-state index in [0.717, 1.165) is 0 Å². The number of benzene rings is 1. The minimum atomic E-state index is 0.0564. The number of carbonyl (C=O) groups excluding carboxylic acids is 1. The number of hydrogen-bond acceptors (Lipinski definition) is 2. The molecule has 56 valence electrons. The molecule has 0 fully saturated rings. The van der Waals surface area contributed by atoms with Gasteiger partial charge in [0.25, 0.3) is 0 Å². The molecule has 0 heterocycles. The van der Waals surface area contributed by atoms with E-state index in [9.17, 15) is 4.79 Å². The van der Waals surface area contributed by atoms with Crippen molar-refractivity contribution in [2.75, 3.05) is 0 Å². The zero-order valence-electron chi connectivity index (χ0n) is 6.37. The first-order valence-corrected chi connectivity index (χ1v) is 3.56. The molecule has 1 aromatic rings. The van der Waals surface area contributed by atoms with E-state index < -0.39 is 0 Å². The van der Waals surface area contributed by atoms with Crippen LogP contribution in [0.3, 0.4) is 0 Å². The molecule has 11 heavy (non-hydrogen) atoms. The minimum Gasteiger partial charge on any atom is -0.508 e. The Kier molecular flexibility index (Phi) is 2.31. The molecule has 0 saturated heterocycles. The largest absolute Gasteiger partial charge is 0.508 e. The summed E-state index contributed by atoms with van der Waals surface area (Å²) < 4.78 is 0. The molecule has 0 aromatic heterocycles. The van der Waals surface area contributed by atoms with E-state index in [1.165, 1.54) is 6.07 Å². The minimum absolute atomic E-state index is 0.0564. The maximum atomic E-state index is 11.1. The van der Waals surface area contributed by atoms with Gasteiger partial charge < -0.3 is 5.11 Å². The molecule has 0 amide bonds. The van der Waals surface area contributed by atoms with E-state index in [0.29, 0.717) is 11.9 Å². The summed E-state index contributed by atoms with van der Waals surface area (Å²) >= 11 is 0. The average molecular weight is 148 g/mol. The van der Waals surface area contributed by atoms with Crippen LogP contribution in [0.1, 0.15) is 10.4 Å². The van der Waals surface area contributed by atoms with Crippen LogP contribution in [0.2, 0.25) is 6.32 Å². The third-order valence-electron chi connectivity index (χ3n) is 1.49. The van der Waals surface area contributed by atoms with Gasteiger partial charge in [-0.25, -0.2) is 0 Å². The lowest BCUT2D eigenvalue weighted by Gasteiger charge is -1.96. The van der Waals surface area contributed by atoms with E-state index in [-0.39, 0.29) is 11.5 Å². The van der Waals surface area contributed by atoms with E-state index in [1.54, 1.807) is 26.0 Å². The Labute approximate surface area is 66.3 Å². The van der Waals surface area contributed by atoms with Gasteiger partial charge in [-0.3, -0.25) is 4.79 Å². The second kappa shape index (κ2) is 3.24. The topological polar surface area (TPSA) is 37.3 Å². The third kappa shape index (κ3) is 1.83. The van der Waals surface area contributed by atoms with Gasteiger partial charge in [0.1, 0.15) is 13.6 Å². The summed E-state index contributed by atoms with van der Waals surface area (Å²) in [5, 5.41) is 9.01. The number of aromatic hydroxyl groups is 1. The molecule has 1 N–H and O–H groups in total. The molecule has 0 saturated carbocycles. The summed E-state index contributed by atoms with van der Waals surface area (Å²) in [7, 11) is 1.80. The normalized spacial score (nSPS) is 9.45. The molecule has 2 nitrogen and oxygen atoms in total. The van der Waals surface area contributed by atoms with E-state index in [2.05, 4.69) is 0 Å². The monoisotopic (exact) mass is 148 g/mol. The predicted octanol–water partition coefficient (Wildman–Crippen LogP) is 0.626. The van der Waals surface area contributed by atoms with Crippen molar-refractivity contribution >= 4 is 13.6 Å². The van der Waals surface area contributed by atoms with Gasteiger partial charge in [0.05, 0.1) is 0 Å². The second-order valence-electron chi connectivity index (χ2n) is 2.33. The van der Waals surface area contributed by atoms with Gasteiger partial charge >= 0.3 is 0 Å². The zero-order chi connectivity index (χ0) is 8.27. The highest BCUT2D eigenvalue weighted by molar-refractivity contribution is 6.24. The van der Waals surface area contributed by atoms with Gasteiger partial charge in [-0.15, -0.1) is 0 Å². The molecule has 3 heteroatoms. The smallest absolute Gasteiger partial charge is 0.155 e. The number of ketones is 1. The van der Waals surface area contributed by atoms with Crippen molar-refractivity contribution in [1.29, 1.82) is 0 Å². The van der Waals surface area contributed by atoms with Crippen LogP contribution in [0.5, 0.6) is 5.75 Å².